The van der Waals surface area contributed by atoms with E-state index in [1.807, 2.05) is 6.92 Å². The number of hydrogen-bond acceptors (Lipinski definition) is 2. The number of ketones is 1. The highest BCUT2D eigenvalue weighted by molar-refractivity contribution is 6.37. The molecule has 4 heteroatoms. The van der Waals surface area contributed by atoms with E-state index in [4.69, 9.17) is 23.2 Å². The van der Waals surface area contributed by atoms with Crippen LogP contribution in [0.2, 0.25) is 10.0 Å². The van der Waals surface area contributed by atoms with Crippen molar-refractivity contribution in [2.24, 2.45) is 0 Å². The van der Waals surface area contributed by atoms with Crippen molar-refractivity contribution in [1.29, 1.82) is 0 Å². The van der Waals surface area contributed by atoms with Crippen LogP contribution >= 0.6 is 23.2 Å². The molecule has 1 rings (SSSR count). The van der Waals surface area contributed by atoms with E-state index >= 15 is 0 Å². The molecule has 16 heavy (non-hydrogen) atoms. The van der Waals surface area contributed by atoms with Gasteiger partial charge in [0.15, 0.2) is 5.78 Å². The van der Waals surface area contributed by atoms with E-state index in [1.165, 1.54) is 0 Å². The molecule has 1 aromatic rings. The third kappa shape index (κ3) is 3.48. The van der Waals surface area contributed by atoms with Gasteiger partial charge in [0.25, 0.3) is 0 Å². The van der Waals surface area contributed by atoms with Gasteiger partial charge in [0.1, 0.15) is 0 Å². The Hall–Kier alpha value is -0.570. The average Bonchev–Trinajstić information content (AvgIpc) is 2.25. The zero-order chi connectivity index (χ0) is 12.1. The van der Waals surface area contributed by atoms with Gasteiger partial charge in [-0.3, -0.25) is 4.79 Å². The van der Waals surface area contributed by atoms with Crippen LogP contribution in [0.25, 0.3) is 0 Å². The lowest BCUT2D eigenvalue weighted by Crippen LogP contribution is -2.34. The van der Waals surface area contributed by atoms with Gasteiger partial charge in [-0.15, -0.1) is 0 Å². The molecule has 0 heterocycles. The third-order valence-corrected chi connectivity index (χ3v) is 2.84. The summed E-state index contributed by atoms with van der Waals surface area (Å²) in [5.41, 5.74) is 0.516. The molecule has 0 aromatic heterocycles. The largest absolute Gasteiger partial charge is 0.307 e. The fraction of sp³-hybridized carbons (Fsp3) is 0.417. The quantitative estimate of drug-likeness (QED) is 0.820. The summed E-state index contributed by atoms with van der Waals surface area (Å²) < 4.78 is 0. The first-order chi connectivity index (χ1) is 7.56. The molecule has 0 amide bonds. The van der Waals surface area contributed by atoms with E-state index in [1.54, 1.807) is 18.2 Å². The van der Waals surface area contributed by atoms with Crippen molar-refractivity contribution in [3.8, 4) is 0 Å². The fourth-order valence-corrected chi connectivity index (χ4v) is 1.88. The molecular weight excluding hydrogens is 245 g/mol. The number of carbonyl (C=O) groups excluding carboxylic acids is 1. The number of Topliss-reactive ketones (excluding diaryl/α,β-unsaturated/α-hetero) is 1. The van der Waals surface area contributed by atoms with Crippen LogP contribution in [0.15, 0.2) is 18.2 Å². The van der Waals surface area contributed by atoms with Crippen molar-refractivity contribution in [3.63, 3.8) is 0 Å². The molecular formula is C12H15Cl2NO. The van der Waals surface area contributed by atoms with Gasteiger partial charge in [0, 0.05) is 10.6 Å². The Labute approximate surface area is 106 Å². The van der Waals surface area contributed by atoms with Crippen LogP contribution in [0.4, 0.5) is 0 Å². The highest BCUT2D eigenvalue weighted by atomic mass is 35.5. The molecule has 0 spiro atoms. The molecule has 0 radical (unpaired) electrons. The summed E-state index contributed by atoms with van der Waals surface area (Å²) in [6, 6.07) is 4.70. The van der Waals surface area contributed by atoms with Crippen molar-refractivity contribution < 1.29 is 4.79 Å². The van der Waals surface area contributed by atoms with E-state index in [2.05, 4.69) is 12.2 Å². The van der Waals surface area contributed by atoms with Crippen LogP contribution in [-0.2, 0) is 0 Å². The molecule has 1 N–H and O–H groups in total. The summed E-state index contributed by atoms with van der Waals surface area (Å²) in [6.07, 6.45) is 0.992. The molecule has 1 atom stereocenters. The summed E-state index contributed by atoms with van der Waals surface area (Å²) in [4.78, 5) is 12.0. The lowest BCUT2D eigenvalue weighted by molar-refractivity contribution is 0.0951. The summed E-state index contributed by atoms with van der Waals surface area (Å²) in [6.45, 7) is 4.71. The normalized spacial score (nSPS) is 12.5. The maximum absolute atomic E-state index is 12.0. The zero-order valence-corrected chi connectivity index (χ0v) is 10.9. The Balaban J connectivity index is 2.79. The third-order valence-electron chi connectivity index (χ3n) is 2.29. The highest BCUT2D eigenvalue weighted by Crippen LogP contribution is 2.22. The molecule has 0 bridgehead atoms. The number of hydrogen-bond donors (Lipinski definition) is 1. The van der Waals surface area contributed by atoms with Crippen molar-refractivity contribution in [2.75, 3.05) is 6.54 Å². The zero-order valence-electron chi connectivity index (χ0n) is 9.39. The van der Waals surface area contributed by atoms with Gasteiger partial charge in [-0.25, -0.2) is 0 Å². The SMILES string of the molecule is CCCNC(C)C(=O)c1ccc(Cl)cc1Cl. The molecule has 0 saturated carbocycles. The Kier molecular flexibility index (Phi) is 5.26. The summed E-state index contributed by atoms with van der Waals surface area (Å²) in [5, 5.41) is 4.07. The van der Waals surface area contributed by atoms with Crippen LogP contribution in [0.5, 0.6) is 0 Å². The summed E-state index contributed by atoms with van der Waals surface area (Å²) in [5.74, 6) is -0.00452. The first-order valence-electron chi connectivity index (χ1n) is 5.29. The predicted molar refractivity (Wildman–Crippen MR) is 68.5 cm³/mol. The minimum atomic E-state index is -0.223. The van der Waals surface area contributed by atoms with Crippen molar-refractivity contribution >= 4 is 29.0 Å². The second-order valence-corrected chi connectivity index (χ2v) is 4.51. The Morgan fingerprint density at radius 2 is 2.12 bits per heavy atom. The molecule has 0 aliphatic rings. The van der Waals surface area contributed by atoms with Crippen LogP contribution in [0.1, 0.15) is 30.6 Å². The van der Waals surface area contributed by atoms with Crippen LogP contribution in [0, 0.1) is 0 Å². The van der Waals surface area contributed by atoms with E-state index in [0.717, 1.165) is 13.0 Å². The summed E-state index contributed by atoms with van der Waals surface area (Å²) >= 11 is 11.7. The standard InChI is InChI=1S/C12H15Cl2NO/c1-3-6-15-8(2)12(16)10-5-4-9(13)7-11(10)14/h4-5,7-8,15H,3,6H2,1-2H3. The van der Waals surface area contributed by atoms with Gasteiger partial charge < -0.3 is 5.32 Å². The summed E-state index contributed by atoms with van der Waals surface area (Å²) in [7, 11) is 0. The second kappa shape index (κ2) is 6.24. The van der Waals surface area contributed by atoms with Crippen LogP contribution in [0.3, 0.4) is 0 Å². The Bertz CT molecular complexity index is 379. The van der Waals surface area contributed by atoms with Gasteiger partial charge in [-0.2, -0.15) is 0 Å². The fourth-order valence-electron chi connectivity index (χ4n) is 1.38. The minimum Gasteiger partial charge on any atom is -0.307 e. The second-order valence-electron chi connectivity index (χ2n) is 3.66. The molecule has 0 fully saturated rings. The minimum absolute atomic E-state index is 0.00452. The van der Waals surface area contributed by atoms with Crippen molar-refractivity contribution in [2.45, 2.75) is 26.3 Å². The number of halogens is 2. The average molecular weight is 260 g/mol. The predicted octanol–water partition coefficient (Wildman–Crippen LogP) is 3.56. The lowest BCUT2D eigenvalue weighted by atomic mass is 10.1. The molecule has 88 valence electrons. The maximum atomic E-state index is 12.0. The molecule has 0 aliphatic carbocycles. The van der Waals surface area contributed by atoms with Gasteiger partial charge in [0.05, 0.1) is 11.1 Å². The molecule has 0 saturated heterocycles. The maximum Gasteiger partial charge on any atom is 0.180 e. The smallest absolute Gasteiger partial charge is 0.180 e. The van der Waals surface area contributed by atoms with E-state index in [-0.39, 0.29) is 11.8 Å². The molecule has 2 nitrogen and oxygen atoms in total. The topological polar surface area (TPSA) is 29.1 Å². The van der Waals surface area contributed by atoms with Gasteiger partial charge in [0.2, 0.25) is 0 Å². The van der Waals surface area contributed by atoms with Crippen molar-refractivity contribution in [1.82, 2.24) is 5.32 Å². The van der Waals surface area contributed by atoms with Gasteiger partial charge >= 0.3 is 0 Å². The lowest BCUT2D eigenvalue weighted by Gasteiger charge is -2.13. The van der Waals surface area contributed by atoms with E-state index in [9.17, 15) is 4.79 Å². The number of benzene rings is 1. The molecule has 1 unspecified atom stereocenters. The monoisotopic (exact) mass is 259 g/mol. The first-order valence-corrected chi connectivity index (χ1v) is 6.04. The number of carbonyl (C=O) groups is 1. The Morgan fingerprint density at radius 1 is 1.44 bits per heavy atom. The highest BCUT2D eigenvalue weighted by Gasteiger charge is 2.17. The Morgan fingerprint density at radius 3 is 2.69 bits per heavy atom. The van der Waals surface area contributed by atoms with E-state index in [0.29, 0.717) is 15.6 Å². The number of nitrogens with one attached hydrogen (secondary N) is 1. The van der Waals surface area contributed by atoms with Gasteiger partial charge in [-0.1, -0.05) is 30.1 Å². The van der Waals surface area contributed by atoms with E-state index < -0.39 is 0 Å². The first kappa shape index (κ1) is 13.5. The van der Waals surface area contributed by atoms with Crippen LogP contribution < -0.4 is 5.32 Å². The molecule has 1 aromatic carbocycles. The van der Waals surface area contributed by atoms with Crippen LogP contribution in [-0.4, -0.2) is 18.4 Å². The van der Waals surface area contributed by atoms with Crippen molar-refractivity contribution in [3.05, 3.63) is 33.8 Å². The molecule has 0 aliphatic heterocycles. The number of rotatable bonds is 5. The van der Waals surface area contributed by atoms with Gasteiger partial charge in [-0.05, 0) is 38.1 Å².